The van der Waals surface area contributed by atoms with Crippen molar-refractivity contribution in [2.75, 3.05) is 9.80 Å². The molecule has 0 saturated heterocycles. The fourth-order valence-corrected chi connectivity index (χ4v) is 14.9. The van der Waals surface area contributed by atoms with Gasteiger partial charge in [-0.2, -0.15) is 0 Å². The van der Waals surface area contributed by atoms with Crippen LogP contribution < -0.4 is 9.80 Å². The lowest BCUT2D eigenvalue weighted by Gasteiger charge is -2.26. The number of benzene rings is 14. The average Bonchev–Trinajstić information content (AvgIpc) is 1.69. The van der Waals surface area contributed by atoms with Crippen LogP contribution in [-0.2, 0) is 0 Å². The van der Waals surface area contributed by atoms with Gasteiger partial charge in [-0.25, -0.2) is 0 Å². The van der Waals surface area contributed by atoms with Gasteiger partial charge in [0.2, 0.25) is 0 Å². The van der Waals surface area contributed by atoms with E-state index >= 15 is 0 Å². The van der Waals surface area contributed by atoms with Crippen LogP contribution in [-0.4, -0.2) is 0 Å². The van der Waals surface area contributed by atoms with Crippen LogP contribution in [0.2, 0.25) is 0 Å². The first kappa shape index (κ1) is 51.5. The van der Waals surface area contributed by atoms with E-state index < -0.39 is 0 Å². The Morgan fingerprint density at radius 3 is 1.23 bits per heavy atom. The van der Waals surface area contributed by atoms with Crippen LogP contribution >= 0.6 is 11.3 Å². The normalized spacial score (nSPS) is 11.8. The molecule has 422 valence electrons. The summed E-state index contributed by atoms with van der Waals surface area (Å²) < 4.78 is 22.3. The minimum atomic E-state index is 0.866. The number of hydrogen-bond donors (Lipinski definition) is 0. The van der Waals surface area contributed by atoms with Gasteiger partial charge < -0.3 is 23.1 Å². The second-order valence-corrected chi connectivity index (χ2v) is 24.1. The quantitative estimate of drug-likeness (QED) is 0.129. The summed E-state index contributed by atoms with van der Waals surface area (Å²) in [7, 11) is 0. The summed E-state index contributed by atoms with van der Waals surface area (Å²) in [6.45, 7) is 0. The van der Waals surface area contributed by atoms with Gasteiger partial charge in [0.15, 0.2) is 0 Å². The highest BCUT2D eigenvalue weighted by Crippen LogP contribution is 2.49. The molecule has 4 heterocycles. The van der Waals surface area contributed by atoms with E-state index in [4.69, 9.17) is 13.3 Å². The second-order valence-electron chi connectivity index (χ2n) is 23.1. The van der Waals surface area contributed by atoms with Gasteiger partial charge in [-0.1, -0.05) is 182 Å². The Kier molecular flexibility index (Phi) is 12.0. The van der Waals surface area contributed by atoms with E-state index in [0.717, 1.165) is 150 Å². The molecule has 0 N–H and O–H groups in total. The standard InChI is InChI=1S/C84H52N2O3S/c1-4-20-59(21-5-1)85(60-22-6-2-7-23-60)62-42-37-54(38-43-62)58-51-74-68-29-12-15-35-78(68)89-83(74)75(52-58)69-31-17-32-70-81-65(30-18-36-80(81)90-84(69)70)55-19-16-26-64(47-55)86(61-24-8-3-9-25-61)63-44-39-53(40-45-63)57-49-71(82-73(50-57)67-28-11-14-34-77(67)88-82)56-41-46-79-72(48-56)66-27-10-13-33-76(66)87-79/h1-52H. The highest BCUT2D eigenvalue weighted by atomic mass is 32.1. The molecule has 0 spiro atoms. The molecule has 0 fully saturated rings. The first-order valence-electron chi connectivity index (χ1n) is 30.4. The summed E-state index contributed by atoms with van der Waals surface area (Å²) in [5, 5.41) is 8.99. The first-order chi connectivity index (χ1) is 44.6. The third-order valence-electron chi connectivity index (χ3n) is 17.8. The maximum Gasteiger partial charge on any atom is 0.143 e. The number of anilines is 6. The molecule has 0 unspecified atom stereocenters. The van der Waals surface area contributed by atoms with E-state index in [2.05, 4.69) is 307 Å². The van der Waals surface area contributed by atoms with Crippen LogP contribution in [0.15, 0.2) is 329 Å². The Morgan fingerprint density at radius 2 is 0.633 bits per heavy atom. The molecule has 18 aromatic rings. The summed E-state index contributed by atoms with van der Waals surface area (Å²) in [5.41, 5.74) is 22.8. The molecule has 0 radical (unpaired) electrons. The molecular formula is C84H52N2O3S. The summed E-state index contributed by atoms with van der Waals surface area (Å²) in [4.78, 5) is 4.67. The topological polar surface area (TPSA) is 45.9 Å². The summed E-state index contributed by atoms with van der Waals surface area (Å²) in [5.74, 6) is 0. The zero-order valence-electron chi connectivity index (χ0n) is 48.5. The van der Waals surface area contributed by atoms with Crippen molar-refractivity contribution in [3.05, 3.63) is 315 Å². The van der Waals surface area contributed by atoms with Crippen molar-refractivity contribution in [2.45, 2.75) is 0 Å². The molecule has 0 saturated carbocycles. The molecule has 90 heavy (non-hydrogen) atoms. The number of thiophene rings is 1. The molecule has 0 aliphatic rings. The molecular weight excluding hydrogens is 1120 g/mol. The lowest BCUT2D eigenvalue weighted by molar-refractivity contribution is 0.668. The zero-order chi connectivity index (χ0) is 59.2. The largest absolute Gasteiger partial charge is 0.456 e. The number of furan rings is 3. The molecule has 0 amide bonds. The highest BCUT2D eigenvalue weighted by molar-refractivity contribution is 7.26. The highest BCUT2D eigenvalue weighted by Gasteiger charge is 2.23. The van der Waals surface area contributed by atoms with Gasteiger partial charge in [0.1, 0.15) is 33.5 Å². The van der Waals surface area contributed by atoms with Crippen molar-refractivity contribution < 1.29 is 13.3 Å². The van der Waals surface area contributed by atoms with Gasteiger partial charge in [0.05, 0.1) is 0 Å². The first-order valence-corrected chi connectivity index (χ1v) is 31.3. The van der Waals surface area contributed by atoms with Crippen molar-refractivity contribution in [1.29, 1.82) is 0 Å². The van der Waals surface area contributed by atoms with Crippen molar-refractivity contribution in [3.63, 3.8) is 0 Å². The van der Waals surface area contributed by atoms with E-state index in [-0.39, 0.29) is 0 Å². The Labute approximate surface area is 522 Å². The van der Waals surface area contributed by atoms with Gasteiger partial charge in [-0.15, -0.1) is 11.3 Å². The Hall–Kier alpha value is -11.7. The van der Waals surface area contributed by atoms with Crippen molar-refractivity contribution in [1.82, 2.24) is 0 Å². The van der Waals surface area contributed by atoms with Gasteiger partial charge in [0, 0.05) is 103 Å². The molecule has 0 atom stereocenters. The van der Waals surface area contributed by atoms with E-state index in [9.17, 15) is 0 Å². The van der Waals surface area contributed by atoms with Gasteiger partial charge in [-0.3, -0.25) is 0 Å². The Bertz CT molecular complexity index is 5740. The predicted octanol–water partition coefficient (Wildman–Crippen LogP) is 25.0. The van der Waals surface area contributed by atoms with Gasteiger partial charge >= 0.3 is 0 Å². The van der Waals surface area contributed by atoms with E-state index in [1.54, 1.807) is 0 Å². The fourth-order valence-electron chi connectivity index (χ4n) is 13.6. The maximum atomic E-state index is 6.89. The van der Waals surface area contributed by atoms with Gasteiger partial charge in [0.25, 0.3) is 0 Å². The lowest BCUT2D eigenvalue weighted by Crippen LogP contribution is -2.09. The summed E-state index contributed by atoms with van der Waals surface area (Å²) in [6.07, 6.45) is 0. The van der Waals surface area contributed by atoms with E-state index in [0.29, 0.717) is 0 Å². The molecule has 6 heteroatoms. The van der Waals surface area contributed by atoms with Crippen LogP contribution in [0.25, 0.3) is 142 Å². The maximum absolute atomic E-state index is 6.89. The molecule has 5 nitrogen and oxygen atoms in total. The number of hydrogen-bond acceptors (Lipinski definition) is 6. The summed E-state index contributed by atoms with van der Waals surface area (Å²) in [6, 6.07) is 113. The van der Waals surface area contributed by atoms with Crippen molar-refractivity contribution >= 4 is 131 Å². The third-order valence-corrected chi connectivity index (χ3v) is 19.0. The van der Waals surface area contributed by atoms with E-state index in [1.165, 1.54) is 25.7 Å². The third kappa shape index (κ3) is 8.60. The Balaban J connectivity index is 0.725. The minimum Gasteiger partial charge on any atom is -0.456 e. The lowest BCUT2D eigenvalue weighted by atomic mass is 9.93. The second kappa shape index (κ2) is 21.0. The fraction of sp³-hybridized carbons (Fsp3) is 0. The van der Waals surface area contributed by atoms with Crippen LogP contribution in [0.1, 0.15) is 0 Å². The molecule has 0 aliphatic carbocycles. The molecule has 0 bridgehead atoms. The van der Waals surface area contributed by atoms with Gasteiger partial charge in [-0.05, 0) is 172 Å². The predicted molar refractivity (Wildman–Crippen MR) is 378 cm³/mol. The smallest absolute Gasteiger partial charge is 0.143 e. The molecule has 14 aromatic carbocycles. The molecule has 0 aliphatic heterocycles. The zero-order valence-corrected chi connectivity index (χ0v) is 49.4. The van der Waals surface area contributed by atoms with Crippen molar-refractivity contribution in [3.8, 4) is 55.6 Å². The SMILES string of the molecule is c1ccc(N(c2ccccc2)c2ccc(-c3cc(-c4cccc5c4sc4cccc(-c6cccc(N(c7ccccc7)c7ccc(-c8cc(-c9ccc%10oc%11ccccc%11c%10c9)c9oc%10ccccc%10c9c8)cc7)c6)c45)c4oc5ccccc5c4c3)cc2)cc1. The monoisotopic (exact) mass is 1170 g/mol. The Morgan fingerprint density at radius 1 is 0.222 bits per heavy atom. The number of nitrogens with zero attached hydrogens (tertiary/aromatic N) is 2. The molecule has 18 rings (SSSR count). The molecule has 4 aromatic heterocycles. The number of rotatable bonds is 11. The van der Waals surface area contributed by atoms with Crippen LogP contribution in [0.5, 0.6) is 0 Å². The van der Waals surface area contributed by atoms with E-state index in [1.807, 2.05) is 29.5 Å². The minimum absolute atomic E-state index is 0.866. The number of fused-ring (bicyclic) bond motifs is 12. The van der Waals surface area contributed by atoms with Crippen LogP contribution in [0.3, 0.4) is 0 Å². The van der Waals surface area contributed by atoms with Crippen molar-refractivity contribution in [2.24, 2.45) is 0 Å². The van der Waals surface area contributed by atoms with Crippen LogP contribution in [0, 0.1) is 0 Å². The average molecular weight is 1170 g/mol. The number of para-hydroxylation sites is 6. The van der Waals surface area contributed by atoms with Crippen LogP contribution in [0.4, 0.5) is 34.1 Å². The summed E-state index contributed by atoms with van der Waals surface area (Å²) >= 11 is 1.85.